The van der Waals surface area contributed by atoms with Crippen molar-refractivity contribution in [1.29, 1.82) is 0 Å². The molecule has 0 saturated carbocycles. The number of carbonyl (C=O) groups is 2. The van der Waals surface area contributed by atoms with E-state index in [0.29, 0.717) is 36.8 Å². The van der Waals surface area contributed by atoms with Gasteiger partial charge in [-0.05, 0) is 56.1 Å². The highest BCUT2D eigenvalue weighted by Gasteiger charge is 2.45. The number of ether oxygens (including phenoxy) is 2. The molecule has 0 spiro atoms. The van der Waals surface area contributed by atoms with Gasteiger partial charge in [0.15, 0.2) is 0 Å². The van der Waals surface area contributed by atoms with Crippen LogP contribution in [0.4, 0.5) is 0 Å². The lowest BCUT2D eigenvalue weighted by molar-refractivity contribution is -0.140. The fourth-order valence-corrected chi connectivity index (χ4v) is 3.57. The minimum atomic E-state index is -0.700. The van der Waals surface area contributed by atoms with E-state index in [1.165, 1.54) is 4.90 Å². The minimum absolute atomic E-state index is 0.0682. The Bertz CT molecular complexity index is 1010. The molecule has 32 heavy (non-hydrogen) atoms. The predicted molar refractivity (Wildman–Crippen MR) is 123 cm³/mol. The Kier molecular flexibility index (Phi) is 7.33. The molecule has 1 atom stereocenters. The van der Waals surface area contributed by atoms with E-state index in [1.54, 1.807) is 61.7 Å². The molecule has 1 amide bonds. The molecule has 7 heteroatoms. The van der Waals surface area contributed by atoms with Crippen molar-refractivity contribution < 1.29 is 24.2 Å². The highest BCUT2D eigenvalue weighted by molar-refractivity contribution is 6.46. The van der Waals surface area contributed by atoms with Gasteiger partial charge in [0, 0.05) is 18.7 Å². The quantitative estimate of drug-likeness (QED) is 0.281. The number of rotatable bonds is 9. The maximum Gasteiger partial charge on any atom is 0.295 e. The summed E-state index contributed by atoms with van der Waals surface area (Å²) < 4.78 is 10.7. The van der Waals surface area contributed by atoms with Gasteiger partial charge in [0.05, 0.1) is 18.7 Å². The molecular weight excluding hydrogens is 408 g/mol. The number of aliphatic hydroxyl groups is 1. The average Bonchev–Trinajstić information content (AvgIpc) is 3.06. The molecule has 1 aliphatic rings. The Morgan fingerprint density at radius 3 is 2.28 bits per heavy atom. The van der Waals surface area contributed by atoms with E-state index in [0.717, 1.165) is 5.56 Å². The third-order valence-electron chi connectivity index (χ3n) is 5.26. The van der Waals surface area contributed by atoms with E-state index < -0.39 is 17.7 Å². The fraction of sp³-hybridized carbons (Fsp3) is 0.280. The number of hydrogen-bond acceptors (Lipinski definition) is 6. The standard InChI is InChI=1S/C25H28N2O5/c1-5-16-32-20-12-8-18(9-13-20)23(28)21-22(17-6-10-19(31-4)11-7-17)27(15-14-26(2)3)25(30)24(21)29/h5-13,22,28H,1,14-16H2,2-4H3/t22-/m0/s1. The average molecular weight is 437 g/mol. The summed E-state index contributed by atoms with van der Waals surface area (Å²) in [6.45, 7) is 4.90. The Hall–Kier alpha value is -3.58. The first kappa shape index (κ1) is 23.1. The molecule has 168 valence electrons. The van der Waals surface area contributed by atoms with Gasteiger partial charge in [-0.25, -0.2) is 0 Å². The lowest BCUT2D eigenvalue weighted by Crippen LogP contribution is -2.35. The number of ketones is 1. The van der Waals surface area contributed by atoms with E-state index in [-0.39, 0.29) is 11.3 Å². The zero-order valence-corrected chi connectivity index (χ0v) is 18.6. The number of likely N-dealkylation sites (tertiary alicyclic amines) is 1. The smallest absolute Gasteiger partial charge is 0.295 e. The van der Waals surface area contributed by atoms with Crippen LogP contribution in [0.3, 0.4) is 0 Å². The van der Waals surface area contributed by atoms with E-state index in [2.05, 4.69) is 6.58 Å². The molecule has 0 unspecified atom stereocenters. The molecule has 7 nitrogen and oxygen atoms in total. The van der Waals surface area contributed by atoms with Gasteiger partial charge in [-0.15, -0.1) is 0 Å². The van der Waals surface area contributed by atoms with Crippen LogP contribution in [0.2, 0.25) is 0 Å². The van der Waals surface area contributed by atoms with Crippen molar-refractivity contribution >= 4 is 17.4 Å². The lowest BCUT2D eigenvalue weighted by Gasteiger charge is -2.26. The summed E-state index contributed by atoms with van der Waals surface area (Å²) in [7, 11) is 5.37. The van der Waals surface area contributed by atoms with Crippen molar-refractivity contribution in [2.24, 2.45) is 0 Å². The van der Waals surface area contributed by atoms with Gasteiger partial charge in [-0.1, -0.05) is 24.8 Å². The van der Waals surface area contributed by atoms with Crippen molar-refractivity contribution in [2.45, 2.75) is 6.04 Å². The Morgan fingerprint density at radius 2 is 1.72 bits per heavy atom. The molecule has 1 aliphatic heterocycles. The summed E-state index contributed by atoms with van der Waals surface area (Å²) in [5, 5.41) is 11.1. The van der Waals surface area contributed by atoms with Crippen LogP contribution in [-0.2, 0) is 9.59 Å². The van der Waals surface area contributed by atoms with Crippen LogP contribution in [0.1, 0.15) is 17.2 Å². The Labute approximate surface area is 188 Å². The molecule has 1 heterocycles. The van der Waals surface area contributed by atoms with Crippen molar-refractivity contribution in [3.05, 3.63) is 77.9 Å². The second kappa shape index (κ2) is 10.2. The maximum atomic E-state index is 13.0. The summed E-state index contributed by atoms with van der Waals surface area (Å²) >= 11 is 0. The number of amides is 1. The molecule has 3 rings (SSSR count). The first-order valence-electron chi connectivity index (χ1n) is 10.3. The van der Waals surface area contributed by atoms with Gasteiger partial charge >= 0.3 is 0 Å². The second-order valence-electron chi connectivity index (χ2n) is 7.69. The van der Waals surface area contributed by atoms with E-state index in [4.69, 9.17) is 9.47 Å². The Morgan fingerprint density at radius 1 is 1.09 bits per heavy atom. The largest absolute Gasteiger partial charge is 0.507 e. The van der Waals surface area contributed by atoms with Crippen LogP contribution in [0.5, 0.6) is 11.5 Å². The van der Waals surface area contributed by atoms with Gasteiger partial charge in [-0.3, -0.25) is 9.59 Å². The fourth-order valence-electron chi connectivity index (χ4n) is 3.57. The highest BCUT2D eigenvalue weighted by Crippen LogP contribution is 2.39. The van der Waals surface area contributed by atoms with Crippen LogP contribution in [0.25, 0.3) is 5.76 Å². The molecule has 2 aromatic rings. The zero-order valence-electron chi connectivity index (χ0n) is 18.6. The molecule has 2 aromatic carbocycles. The molecule has 1 saturated heterocycles. The molecule has 0 radical (unpaired) electrons. The summed E-state index contributed by atoms with van der Waals surface area (Å²) in [5.41, 5.74) is 1.22. The first-order valence-corrected chi connectivity index (χ1v) is 10.3. The molecule has 1 N–H and O–H groups in total. The minimum Gasteiger partial charge on any atom is -0.507 e. The summed E-state index contributed by atoms with van der Waals surface area (Å²) in [6, 6.07) is 13.2. The van der Waals surface area contributed by atoms with Crippen molar-refractivity contribution in [1.82, 2.24) is 9.80 Å². The Balaban J connectivity index is 2.05. The summed E-state index contributed by atoms with van der Waals surface area (Å²) in [4.78, 5) is 29.4. The number of likely N-dealkylation sites (N-methyl/N-ethyl adjacent to an activating group) is 1. The van der Waals surface area contributed by atoms with Gasteiger partial charge < -0.3 is 24.4 Å². The van der Waals surface area contributed by atoms with Gasteiger partial charge in [-0.2, -0.15) is 0 Å². The number of aliphatic hydroxyl groups excluding tert-OH is 1. The SMILES string of the molecule is C=CCOc1ccc(C(O)=C2C(=O)C(=O)N(CCN(C)C)[C@H]2c2ccc(OC)cc2)cc1. The monoisotopic (exact) mass is 436 g/mol. The van der Waals surface area contributed by atoms with Crippen molar-refractivity contribution in [3.8, 4) is 11.5 Å². The van der Waals surface area contributed by atoms with Crippen molar-refractivity contribution in [3.63, 3.8) is 0 Å². The number of carbonyl (C=O) groups excluding carboxylic acids is 2. The van der Waals surface area contributed by atoms with Gasteiger partial charge in [0.1, 0.15) is 23.9 Å². The first-order chi connectivity index (χ1) is 15.4. The van der Waals surface area contributed by atoms with Crippen LogP contribution in [0.15, 0.2) is 66.8 Å². The molecule has 0 bridgehead atoms. The van der Waals surface area contributed by atoms with E-state index in [9.17, 15) is 14.7 Å². The van der Waals surface area contributed by atoms with Crippen LogP contribution < -0.4 is 9.47 Å². The number of methoxy groups -OCH3 is 1. The number of Topliss-reactive ketones (excluding diaryl/α,β-unsaturated/α-hetero) is 1. The zero-order chi connectivity index (χ0) is 23.3. The molecule has 1 fully saturated rings. The summed E-state index contributed by atoms with van der Waals surface area (Å²) in [6.07, 6.45) is 1.64. The third-order valence-corrected chi connectivity index (χ3v) is 5.26. The predicted octanol–water partition coefficient (Wildman–Crippen LogP) is 3.24. The number of hydrogen-bond donors (Lipinski definition) is 1. The van der Waals surface area contributed by atoms with Gasteiger partial charge in [0.25, 0.3) is 11.7 Å². The topological polar surface area (TPSA) is 79.3 Å². The number of benzene rings is 2. The van der Waals surface area contributed by atoms with Crippen LogP contribution >= 0.6 is 0 Å². The third kappa shape index (κ3) is 4.84. The van der Waals surface area contributed by atoms with Crippen molar-refractivity contribution in [2.75, 3.05) is 40.9 Å². The van der Waals surface area contributed by atoms with Crippen LogP contribution in [0, 0.1) is 0 Å². The molecule has 0 aliphatic carbocycles. The van der Waals surface area contributed by atoms with Crippen LogP contribution in [-0.4, -0.2) is 67.5 Å². The normalized spacial score (nSPS) is 17.6. The number of nitrogens with zero attached hydrogens (tertiary/aromatic N) is 2. The molecule has 0 aromatic heterocycles. The van der Waals surface area contributed by atoms with E-state index >= 15 is 0 Å². The highest BCUT2D eigenvalue weighted by atomic mass is 16.5. The summed E-state index contributed by atoms with van der Waals surface area (Å²) in [5.74, 6) is -0.269. The second-order valence-corrected chi connectivity index (χ2v) is 7.69. The van der Waals surface area contributed by atoms with E-state index in [1.807, 2.05) is 19.0 Å². The molecular formula is C25H28N2O5. The lowest BCUT2D eigenvalue weighted by atomic mass is 9.95. The van der Waals surface area contributed by atoms with Gasteiger partial charge in [0.2, 0.25) is 0 Å². The maximum absolute atomic E-state index is 13.0.